The van der Waals surface area contributed by atoms with Gasteiger partial charge in [-0.15, -0.1) is 0 Å². The molecule has 1 atom stereocenters. The minimum absolute atomic E-state index is 0.161. The van der Waals surface area contributed by atoms with Crippen molar-refractivity contribution in [2.75, 3.05) is 11.9 Å². The van der Waals surface area contributed by atoms with Crippen LogP contribution in [0.15, 0.2) is 48.5 Å². The van der Waals surface area contributed by atoms with Gasteiger partial charge in [0.05, 0.1) is 5.70 Å². The number of fused-ring (bicyclic) bond motifs is 1. The molecule has 0 unspecified atom stereocenters. The average Bonchev–Trinajstić information content (AvgIpc) is 3.05. The molecule has 24 heavy (non-hydrogen) atoms. The molecule has 124 valence electrons. The maximum absolute atomic E-state index is 6.24. The highest BCUT2D eigenvalue weighted by molar-refractivity contribution is 5.74. The maximum atomic E-state index is 6.24. The van der Waals surface area contributed by atoms with Crippen molar-refractivity contribution in [3.63, 3.8) is 0 Å². The van der Waals surface area contributed by atoms with Gasteiger partial charge < -0.3 is 4.90 Å². The predicted octanol–water partition coefficient (Wildman–Crippen LogP) is 4.30. The SMILES string of the molecule is Cc1cc(C)cc(C2=C[C@@]3(ON2)N(C)c2ccccc2C3(C)C)c1. The molecule has 0 bridgehead atoms. The van der Waals surface area contributed by atoms with Gasteiger partial charge in [0.25, 0.3) is 0 Å². The number of hydrogen-bond acceptors (Lipinski definition) is 3. The van der Waals surface area contributed by atoms with Crippen molar-refractivity contribution >= 4 is 11.4 Å². The van der Waals surface area contributed by atoms with E-state index in [0.29, 0.717) is 0 Å². The zero-order valence-electron chi connectivity index (χ0n) is 15.0. The van der Waals surface area contributed by atoms with Gasteiger partial charge in [-0.3, -0.25) is 5.48 Å². The van der Waals surface area contributed by atoms with Crippen LogP contribution >= 0.6 is 0 Å². The highest BCUT2D eigenvalue weighted by atomic mass is 16.7. The summed E-state index contributed by atoms with van der Waals surface area (Å²) in [6, 6.07) is 15.1. The first-order chi connectivity index (χ1) is 11.3. The number of benzene rings is 2. The van der Waals surface area contributed by atoms with Crippen LogP contribution < -0.4 is 10.4 Å². The van der Waals surface area contributed by atoms with E-state index in [-0.39, 0.29) is 5.41 Å². The average molecular weight is 320 g/mol. The Labute approximate surface area is 143 Å². The Morgan fingerprint density at radius 1 is 1.00 bits per heavy atom. The summed E-state index contributed by atoms with van der Waals surface area (Å²) in [5.41, 5.74) is 9.78. The molecular weight excluding hydrogens is 296 g/mol. The molecule has 1 spiro atoms. The van der Waals surface area contributed by atoms with Gasteiger partial charge >= 0.3 is 0 Å². The van der Waals surface area contributed by atoms with Crippen molar-refractivity contribution in [1.29, 1.82) is 0 Å². The van der Waals surface area contributed by atoms with Crippen LogP contribution in [0.25, 0.3) is 5.70 Å². The van der Waals surface area contributed by atoms with E-state index in [1.165, 1.54) is 27.9 Å². The molecule has 0 radical (unpaired) electrons. The highest BCUT2D eigenvalue weighted by Gasteiger charge is 2.58. The Kier molecular flexibility index (Phi) is 3.10. The van der Waals surface area contributed by atoms with Crippen LogP contribution in [0.3, 0.4) is 0 Å². The Bertz CT molecular complexity index is 832. The molecule has 0 aromatic heterocycles. The Balaban J connectivity index is 1.84. The molecule has 0 saturated heterocycles. The van der Waals surface area contributed by atoms with E-state index >= 15 is 0 Å². The summed E-state index contributed by atoms with van der Waals surface area (Å²) in [7, 11) is 2.11. The third-order valence-electron chi connectivity index (χ3n) is 5.52. The lowest BCUT2D eigenvalue weighted by atomic mass is 9.77. The fraction of sp³-hybridized carbons (Fsp3) is 0.333. The Morgan fingerprint density at radius 2 is 1.67 bits per heavy atom. The maximum Gasteiger partial charge on any atom is 0.197 e. The van der Waals surface area contributed by atoms with Crippen LogP contribution in [-0.4, -0.2) is 12.8 Å². The summed E-state index contributed by atoms with van der Waals surface area (Å²) in [5.74, 6) is 0. The fourth-order valence-electron chi connectivity index (χ4n) is 4.22. The first-order valence-corrected chi connectivity index (χ1v) is 8.44. The van der Waals surface area contributed by atoms with Crippen molar-refractivity contribution in [3.05, 3.63) is 70.8 Å². The van der Waals surface area contributed by atoms with Crippen molar-refractivity contribution < 1.29 is 4.84 Å². The van der Waals surface area contributed by atoms with E-state index in [9.17, 15) is 0 Å². The molecule has 0 amide bonds. The first kappa shape index (κ1) is 15.3. The second-order valence-corrected chi connectivity index (χ2v) is 7.54. The lowest BCUT2D eigenvalue weighted by molar-refractivity contribution is -0.0678. The Hall–Kier alpha value is -2.26. The molecule has 2 aromatic rings. The first-order valence-electron chi connectivity index (χ1n) is 8.44. The van der Waals surface area contributed by atoms with Gasteiger partial charge in [0.1, 0.15) is 0 Å². The molecule has 2 heterocycles. The third-order valence-corrected chi connectivity index (χ3v) is 5.52. The normalized spacial score (nSPS) is 24.0. The third kappa shape index (κ3) is 1.88. The number of nitrogens with one attached hydrogen (secondary N) is 1. The van der Waals surface area contributed by atoms with E-state index in [4.69, 9.17) is 4.84 Å². The van der Waals surface area contributed by atoms with Crippen molar-refractivity contribution in [2.24, 2.45) is 0 Å². The van der Waals surface area contributed by atoms with Crippen LogP contribution in [0, 0.1) is 13.8 Å². The Morgan fingerprint density at radius 3 is 2.33 bits per heavy atom. The molecule has 0 aliphatic carbocycles. The van der Waals surface area contributed by atoms with Gasteiger partial charge in [-0.2, -0.15) is 0 Å². The molecule has 4 rings (SSSR count). The van der Waals surface area contributed by atoms with Gasteiger partial charge in [-0.1, -0.05) is 49.2 Å². The van der Waals surface area contributed by atoms with Gasteiger partial charge in [-0.25, -0.2) is 4.84 Å². The molecule has 3 nitrogen and oxygen atoms in total. The van der Waals surface area contributed by atoms with Crippen LogP contribution in [-0.2, 0) is 10.3 Å². The van der Waals surface area contributed by atoms with Gasteiger partial charge in [-0.05, 0) is 43.7 Å². The summed E-state index contributed by atoms with van der Waals surface area (Å²) in [6.07, 6.45) is 2.24. The summed E-state index contributed by atoms with van der Waals surface area (Å²) in [5, 5.41) is 0. The molecule has 3 heteroatoms. The number of aryl methyl sites for hydroxylation is 2. The zero-order chi connectivity index (χ0) is 17.1. The van der Waals surface area contributed by atoms with E-state index in [0.717, 1.165) is 5.70 Å². The summed E-state index contributed by atoms with van der Waals surface area (Å²) in [6.45, 7) is 8.75. The predicted molar refractivity (Wildman–Crippen MR) is 98.7 cm³/mol. The smallest absolute Gasteiger partial charge is 0.197 e. The van der Waals surface area contributed by atoms with Crippen LogP contribution in [0.1, 0.15) is 36.1 Å². The number of anilines is 1. The minimum atomic E-state index is -0.524. The zero-order valence-corrected chi connectivity index (χ0v) is 15.0. The largest absolute Gasteiger partial charge is 0.340 e. The second kappa shape index (κ2) is 4.87. The van der Waals surface area contributed by atoms with Crippen LogP contribution in [0.5, 0.6) is 0 Å². The number of hydrogen-bond donors (Lipinski definition) is 1. The van der Waals surface area contributed by atoms with Gasteiger partial charge in [0, 0.05) is 23.7 Å². The second-order valence-electron chi connectivity index (χ2n) is 7.54. The van der Waals surface area contributed by atoms with E-state index in [1.807, 2.05) is 0 Å². The molecule has 1 N–H and O–H groups in total. The van der Waals surface area contributed by atoms with E-state index < -0.39 is 5.72 Å². The lowest BCUT2D eigenvalue weighted by Gasteiger charge is -2.39. The van der Waals surface area contributed by atoms with E-state index in [2.05, 4.69) is 93.7 Å². The lowest BCUT2D eigenvalue weighted by Crippen LogP contribution is -2.54. The van der Waals surface area contributed by atoms with Crippen LogP contribution in [0.2, 0.25) is 0 Å². The van der Waals surface area contributed by atoms with Crippen molar-refractivity contribution in [1.82, 2.24) is 5.48 Å². The summed E-state index contributed by atoms with van der Waals surface area (Å²) < 4.78 is 0. The van der Waals surface area contributed by atoms with Gasteiger partial charge in [0.2, 0.25) is 0 Å². The number of para-hydroxylation sites is 1. The number of hydroxylamine groups is 1. The standard InChI is InChI=1S/C21H24N2O/c1-14-10-15(2)12-16(11-14)18-13-21(24-22-18)20(3,4)17-8-6-7-9-19(17)23(21)5/h6-13,22H,1-5H3/t21-/m0/s1. The monoisotopic (exact) mass is 320 g/mol. The van der Waals surface area contributed by atoms with Crippen molar-refractivity contribution in [2.45, 2.75) is 38.8 Å². The number of nitrogens with zero attached hydrogens (tertiary/aromatic N) is 1. The molecule has 0 fully saturated rings. The summed E-state index contributed by atoms with van der Waals surface area (Å²) >= 11 is 0. The molecule has 0 saturated carbocycles. The quantitative estimate of drug-likeness (QED) is 0.848. The number of likely N-dealkylation sites (N-methyl/N-ethyl adjacent to an activating group) is 1. The van der Waals surface area contributed by atoms with E-state index in [1.54, 1.807) is 0 Å². The molecule has 2 aliphatic rings. The fourth-order valence-corrected chi connectivity index (χ4v) is 4.22. The van der Waals surface area contributed by atoms with Crippen molar-refractivity contribution in [3.8, 4) is 0 Å². The van der Waals surface area contributed by atoms with Gasteiger partial charge in [0.15, 0.2) is 5.72 Å². The highest BCUT2D eigenvalue weighted by Crippen LogP contribution is 2.54. The topological polar surface area (TPSA) is 24.5 Å². The van der Waals surface area contributed by atoms with Crippen LogP contribution in [0.4, 0.5) is 5.69 Å². The molecule has 2 aliphatic heterocycles. The summed E-state index contributed by atoms with van der Waals surface area (Å²) in [4.78, 5) is 8.48. The minimum Gasteiger partial charge on any atom is -0.340 e. The molecule has 2 aromatic carbocycles. The number of rotatable bonds is 1. The molecular formula is C21H24N2O.